The van der Waals surface area contributed by atoms with Gasteiger partial charge in [0, 0.05) is 18.0 Å². The van der Waals surface area contributed by atoms with E-state index in [2.05, 4.69) is 15.3 Å². The highest BCUT2D eigenvalue weighted by atomic mass is 16.4. The van der Waals surface area contributed by atoms with Crippen molar-refractivity contribution in [2.75, 3.05) is 5.32 Å². The number of carboxylic acids is 1. The van der Waals surface area contributed by atoms with Gasteiger partial charge in [-0.2, -0.15) is 0 Å². The summed E-state index contributed by atoms with van der Waals surface area (Å²) in [7, 11) is 0. The summed E-state index contributed by atoms with van der Waals surface area (Å²) in [6.07, 6.45) is 3.35. The van der Waals surface area contributed by atoms with Gasteiger partial charge in [0.1, 0.15) is 6.04 Å². The van der Waals surface area contributed by atoms with Gasteiger partial charge < -0.3 is 10.4 Å². The number of carboxylic acid groups (broad SMARTS) is 1. The summed E-state index contributed by atoms with van der Waals surface area (Å²) in [4.78, 5) is 18.9. The van der Waals surface area contributed by atoms with Crippen LogP contribution in [0.1, 0.15) is 12.5 Å². The van der Waals surface area contributed by atoms with Crippen LogP contribution in [0.15, 0.2) is 36.7 Å². The van der Waals surface area contributed by atoms with Crippen molar-refractivity contribution < 1.29 is 9.90 Å². The number of hydrogen-bond acceptors (Lipinski definition) is 4. The Hall–Kier alpha value is -2.43. The molecule has 0 saturated carbocycles. The maximum absolute atomic E-state index is 10.7. The fraction of sp³-hybridized carbons (Fsp3) is 0.214. The van der Waals surface area contributed by atoms with Gasteiger partial charge in [-0.05, 0) is 19.4 Å². The summed E-state index contributed by atoms with van der Waals surface area (Å²) < 4.78 is 0. The molecule has 1 heterocycles. The van der Waals surface area contributed by atoms with E-state index in [-0.39, 0.29) is 0 Å². The number of nitrogens with zero attached hydrogens (tertiary/aromatic N) is 2. The maximum atomic E-state index is 10.7. The number of carbonyl (C=O) groups is 1. The van der Waals surface area contributed by atoms with Gasteiger partial charge in [0.2, 0.25) is 5.95 Å². The zero-order chi connectivity index (χ0) is 13.8. The van der Waals surface area contributed by atoms with Crippen LogP contribution in [0.2, 0.25) is 0 Å². The summed E-state index contributed by atoms with van der Waals surface area (Å²) in [5, 5.41) is 11.5. The molecular weight excluding hydrogens is 242 g/mol. The van der Waals surface area contributed by atoms with Crippen LogP contribution in [0.3, 0.4) is 0 Å². The Morgan fingerprint density at radius 3 is 2.26 bits per heavy atom. The zero-order valence-corrected chi connectivity index (χ0v) is 10.8. The molecule has 0 aliphatic carbocycles. The molecule has 2 N–H and O–H groups in total. The third-order valence-corrected chi connectivity index (χ3v) is 2.75. The Kier molecular flexibility index (Phi) is 3.75. The Bertz CT molecular complexity index is 564. The minimum Gasteiger partial charge on any atom is -0.480 e. The summed E-state index contributed by atoms with van der Waals surface area (Å²) in [5.41, 5.74) is 3.12. The van der Waals surface area contributed by atoms with Crippen molar-refractivity contribution in [2.24, 2.45) is 0 Å². The number of hydrogen-bond donors (Lipinski definition) is 2. The third kappa shape index (κ3) is 3.28. The molecule has 0 bridgehead atoms. The van der Waals surface area contributed by atoms with Crippen LogP contribution in [-0.2, 0) is 4.79 Å². The number of nitrogens with one attached hydrogen (secondary N) is 1. The monoisotopic (exact) mass is 257 g/mol. The minimum absolute atomic E-state index is 0.311. The second-order valence-corrected chi connectivity index (χ2v) is 4.37. The van der Waals surface area contributed by atoms with E-state index in [0.29, 0.717) is 5.95 Å². The van der Waals surface area contributed by atoms with Crippen molar-refractivity contribution in [1.29, 1.82) is 0 Å². The third-order valence-electron chi connectivity index (χ3n) is 2.75. The van der Waals surface area contributed by atoms with Crippen molar-refractivity contribution in [1.82, 2.24) is 9.97 Å². The number of aliphatic carboxylic acids is 1. The first-order valence-electron chi connectivity index (χ1n) is 5.94. The normalized spacial score (nSPS) is 11.9. The van der Waals surface area contributed by atoms with Crippen molar-refractivity contribution in [3.8, 4) is 11.1 Å². The Morgan fingerprint density at radius 1 is 1.16 bits per heavy atom. The number of benzene rings is 1. The first-order chi connectivity index (χ1) is 9.06. The van der Waals surface area contributed by atoms with E-state index in [0.717, 1.165) is 11.1 Å². The first-order valence-corrected chi connectivity index (χ1v) is 5.94. The molecule has 0 radical (unpaired) electrons. The average molecular weight is 257 g/mol. The molecule has 2 aromatic rings. The van der Waals surface area contributed by atoms with Gasteiger partial charge in [0.05, 0.1) is 0 Å². The SMILES string of the molecule is Cc1ccc(-c2cnc(NC(C)C(=O)O)nc2)cc1. The fourth-order valence-electron chi connectivity index (χ4n) is 1.55. The maximum Gasteiger partial charge on any atom is 0.325 e. The second-order valence-electron chi connectivity index (χ2n) is 4.37. The highest BCUT2D eigenvalue weighted by Gasteiger charge is 2.11. The lowest BCUT2D eigenvalue weighted by atomic mass is 10.1. The minimum atomic E-state index is -0.939. The summed E-state index contributed by atoms with van der Waals surface area (Å²) in [6, 6.07) is 7.33. The largest absolute Gasteiger partial charge is 0.480 e. The van der Waals surface area contributed by atoms with E-state index in [1.807, 2.05) is 31.2 Å². The Balaban J connectivity index is 2.14. The van der Waals surface area contributed by atoms with Crippen LogP contribution in [0.25, 0.3) is 11.1 Å². The molecular formula is C14H15N3O2. The van der Waals surface area contributed by atoms with E-state index in [1.165, 1.54) is 5.56 Å². The van der Waals surface area contributed by atoms with Crippen LogP contribution < -0.4 is 5.32 Å². The summed E-state index contributed by atoms with van der Waals surface area (Å²) >= 11 is 0. The van der Waals surface area contributed by atoms with Gasteiger partial charge in [-0.3, -0.25) is 4.79 Å². The van der Waals surface area contributed by atoms with Crippen LogP contribution in [-0.4, -0.2) is 27.1 Å². The summed E-state index contributed by atoms with van der Waals surface area (Å²) in [5.74, 6) is -0.628. The van der Waals surface area contributed by atoms with E-state index in [9.17, 15) is 4.79 Å². The van der Waals surface area contributed by atoms with Gasteiger partial charge in [0.25, 0.3) is 0 Å². The zero-order valence-electron chi connectivity index (χ0n) is 10.8. The lowest BCUT2D eigenvalue weighted by molar-refractivity contribution is -0.137. The Labute approximate surface area is 111 Å². The lowest BCUT2D eigenvalue weighted by Gasteiger charge is -2.09. The number of aromatic nitrogens is 2. The number of aryl methyl sites for hydroxylation is 1. The predicted molar refractivity (Wildman–Crippen MR) is 72.9 cm³/mol. The molecule has 5 heteroatoms. The van der Waals surface area contributed by atoms with Crippen LogP contribution in [0.5, 0.6) is 0 Å². The van der Waals surface area contributed by atoms with Gasteiger partial charge in [0.15, 0.2) is 0 Å². The number of anilines is 1. The molecule has 0 aliphatic rings. The molecule has 5 nitrogen and oxygen atoms in total. The lowest BCUT2D eigenvalue weighted by Crippen LogP contribution is -2.26. The smallest absolute Gasteiger partial charge is 0.325 e. The molecule has 1 atom stereocenters. The highest BCUT2D eigenvalue weighted by molar-refractivity contribution is 5.76. The topological polar surface area (TPSA) is 75.1 Å². The van der Waals surface area contributed by atoms with Gasteiger partial charge in [-0.15, -0.1) is 0 Å². The molecule has 0 amide bonds. The molecule has 1 unspecified atom stereocenters. The molecule has 0 aliphatic heterocycles. The standard InChI is InChI=1S/C14H15N3O2/c1-9-3-5-11(6-4-9)12-7-15-14(16-8-12)17-10(2)13(18)19/h3-8,10H,1-2H3,(H,18,19)(H,15,16,17). The molecule has 0 fully saturated rings. The fourth-order valence-corrected chi connectivity index (χ4v) is 1.55. The molecule has 2 rings (SSSR count). The second kappa shape index (κ2) is 5.48. The van der Waals surface area contributed by atoms with Gasteiger partial charge >= 0.3 is 5.97 Å². The van der Waals surface area contributed by atoms with E-state index in [4.69, 9.17) is 5.11 Å². The highest BCUT2D eigenvalue weighted by Crippen LogP contribution is 2.18. The molecule has 1 aromatic carbocycles. The van der Waals surface area contributed by atoms with Crippen LogP contribution in [0.4, 0.5) is 5.95 Å². The van der Waals surface area contributed by atoms with Crippen molar-refractivity contribution in [2.45, 2.75) is 19.9 Å². The van der Waals surface area contributed by atoms with Gasteiger partial charge in [-0.1, -0.05) is 29.8 Å². The number of rotatable bonds is 4. The molecule has 98 valence electrons. The van der Waals surface area contributed by atoms with E-state index in [1.54, 1.807) is 19.3 Å². The molecule has 19 heavy (non-hydrogen) atoms. The van der Waals surface area contributed by atoms with Gasteiger partial charge in [-0.25, -0.2) is 9.97 Å². The van der Waals surface area contributed by atoms with E-state index < -0.39 is 12.0 Å². The molecule has 0 spiro atoms. The first kappa shape index (κ1) is 13.0. The van der Waals surface area contributed by atoms with E-state index >= 15 is 0 Å². The predicted octanol–water partition coefficient (Wildman–Crippen LogP) is 2.34. The average Bonchev–Trinajstić information content (AvgIpc) is 2.40. The van der Waals surface area contributed by atoms with Crippen molar-refractivity contribution in [3.63, 3.8) is 0 Å². The molecule has 1 aromatic heterocycles. The summed E-state index contributed by atoms with van der Waals surface area (Å²) in [6.45, 7) is 3.57. The van der Waals surface area contributed by atoms with Crippen LogP contribution >= 0.6 is 0 Å². The Morgan fingerprint density at radius 2 is 1.74 bits per heavy atom. The molecule has 0 saturated heterocycles. The van der Waals surface area contributed by atoms with Crippen molar-refractivity contribution in [3.05, 3.63) is 42.2 Å². The van der Waals surface area contributed by atoms with Crippen LogP contribution in [0, 0.1) is 6.92 Å². The van der Waals surface area contributed by atoms with Crippen molar-refractivity contribution >= 4 is 11.9 Å². The quantitative estimate of drug-likeness (QED) is 0.879.